The third-order valence-electron chi connectivity index (χ3n) is 1.97. The zero-order chi connectivity index (χ0) is 11.3. The number of hydrogen-bond donors (Lipinski definition) is 0. The molecule has 0 radical (unpaired) electrons. The first kappa shape index (κ1) is 11.7. The van der Waals surface area contributed by atoms with Crippen LogP contribution in [-0.2, 0) is 0 Å². The Morgan fingerprint density at radius 3 is 2.87 bits per heavy atom. The van der Waals surface area contributed by atoms with E-state index in [0.29, 0.717) is 24.8 Å². The second-order valence-corrected chi connectivity index (χ2v) is 3.52. The van der Waals surface area contributed by atoms with E-state index in [1.54, 1.807) is 0 Å². The maximum atomic E-state index is 13.0. The van der Waals surface area contributed by atoms with Crippen LogP contribution in [0, 0.1) is 18.2 Å². The van der Waals surface area contributed by atoms with Crippen molar-refractivity contribution >= 4 is 17.4 Å². The summed E-state index contributed by atoms with van der Waals surface area (Å²) in [5.41, 5.74) is 0.342. The van der Waals surface area contributed by atoms with E-state index in [9.17, 15) is 9.18 Å². The molecule has 0 atom stereocenters. The lowest BCUT2D eigenvalue weighted by Crippen LogP contribution is -1.99. The fourth-order valence-corrected chi connectivity index (χ4v) is 1.28. The van der Waals surface area contributed by atoms with Crippen molar-refractivity contribution < 1.29 is 9.18 Å². The average Bonchev–Trinajstić information content (AvgIpc) is 2.22. The molecule has 1 aromatic carbocycles. The van der Waals surface area contributed by atoms with Gasteiger partial charge in [0.2, 0.25) is 0 Å². The summed E-state index contributed by atoms with van der Waals surface area (Å²) in [6.45, 7) is 0. The van der Waals surface area contributed by atoms with Crippen molar-refractivity contribution in [2.75, 3.05) is 0 Å². The minimum Gasteiger partial charge on any atom is -0.294 e. The lowest BCUT2D eigenvalue weighted by molar-refractivity contribution is 0.0980. The molecule has 0 heterocycles. The van der Waals surface area contributed by atoms with Crippen molar-refractivity contribution in [3.63, 3.8) is 0 Å². The van der Waals surface area contributed by atoms with Crippen LogP contribution in [0.25, 0.3) is 0 Å². The van der Waals surface area contributed by atoms with E-state index in [-0.39, 0.29) is 10.8 Å². The molecule has 1 aromatic rings. The fraction of sp³-hybridized carbons (Fsp3) is 0.250. The SMILES string of the molecule is C#CCCCC(=O)c1ccc(Cl)c(F)c1. The highest BCUT2D eigenvalue weighted by Crippen LogP contribution is 2.17. The summed E-state index contributed by atoms with van der Waals surface area (Å²) in [6.07, 6.45) is 6.58. The summed E-state index contributed by atoms with van der Waals surface area (Å²) < 4.78 is 13.0. The zero-order valence-corrected chi connectivity index (χ0v) is 8.85. The van der Waals surface area contributed by atoms with Gasteiger partial charge in [0.05, 0.1) is 5.02 Å². The number of terminal acetylenes is 1. The Balaban J connectivity index is 2.67. The van der Waals surface area contributed by atoms with Crippen molar-refractivity contribution in [1.29, 1.82) is 0 Å². The highest BCUT2D eigenvalue weighted by molar-refractivity contribution is 6.30. The van der Waals surface area contributed by atoms with Gasteiger partial charge >= 0.3 is 0 Å². The summed E-state index contributed by atoms with van der Waals surface area (Å²) in [7, 11) is 0. The first-order chi connectivity index (χ1) is 7.15. The van der Waals surface area contributed by atoms with Gasteiger partial charge in [-0.2, -0.15) is 0 Å². The number of carbonyl (C=O) groups is 1. The Hall–Kier alpha value is -1.33. The van der Waals surface area contributed by atoms with Crippen molar-refractivity contribution in [3.8, 4) is 12.3 Å². The maximum Gasteiger partial charge on any atom is 0.163 e. The van der Waals surface area contributed by atoms with Crippen LogP contribution in [0.4, 0.5) is 4.39 Å². The standard InChI is InChI=1S/C12H10ClFO/c1-2-3-4-5-12(15)9-6-7-10(13)11(14)8-9/h1,6-8H,3-5H2. The number of hydrogen-bond acceptors (Lipinski definition) is 1. The molecule has 0 aliphatic heterocycles. The number of ketones is 1. The molecule has 15 heavy (non-hydrogen) atoms. The van der Waals surface area contributed by atoms with E-state index >= 15 is 0 Å². The molecule has 1 rings (SSSR count). The van der Waals surface area contributed by atoms with Gasteiger partial charge in [0.15, 0.2) is 5.78 Å². The van der Waals surface area contributed by atoms with E-state index in [0.717, 1.165) is 6.07 Å². The summed E-state index contributed by atoms with van der Waals surface area (Å²) in [4.78, 5) is 11.5. The molecule has 0 aliphatic rings. The van der Waals surface area contributed by atoms with Gasteiger partial charge in [-0.05, 0) is 24.6 Å². The molecule has 0 unspecified atom stereocenters. The lowest BCUT2D eigenvalue weighted by Gasteiger charge is -2.00. The number of Topliss-reactive ketones (excluding diaryl/α,β-unsaturated/α-hetero) is 1. The van der Waals surface area contributed by atoms with E-state index in [2.05, 4.69) is 5.92 Å². The van der Waals surface area contributed by atoms with E-state index in [1.807, 2.05) is 0 Å². The van der Waals surface area contributed by atoms with Crippen LogP contribution in [0.15, 0.2) is 18.2 Å². The number of halogens is 2. The van der Waals surface area contributed by atoms with Crippen LogP contribution >= 0.6 is 11.6 Å². The van der Waals surface area contributed by atoms with Gasteiger partial charge in [0.1, 0.15) is 5.82 Å². The van der Waals surface area contributed by atoms with Gasteiger partial charge in [-0.1, -0.05) is 11.6 Å². The largest absolute Gasteiger partial charge is 0.294 e. The highest BCUT2D eigenvalue weighted by Gasteiger charge is 2.08. The minimum atomic E-state index is -0.570. The number of benzene rings is 1. The molecule has 0 aliphatic carbocycles. The number of rotatable bonds is 4. The third kappa shape index (κ3) is 3.38. The summed E-state index contributed by atoms with van der Waals surface area (Å²) in [5.74, 6) is 1.77. The second kappa shape index (κ2) is 5.53. The fourth-order valence-electron chi connectivity index (χ4n) is 1.16. The van der Waals surface area contributed by atoms with Crippen LogP contribution in [0.1, 0.15) is 29.6 Å². The molecule has 0 amide bonds. The molecule has 1 nitrogen and oxygen atoms in total. The Morgan fingerprint density at radius 1 is 1.53 bits per heavy atom. The molecular formula is C12H10ClFO. The van der Waals surface area contributed by atoms with Crippen LogP contribution in [0.5, 0.6) is 0 Å². The molecule has 0 saturated heterocycles. The Labute approximate surface area is 93.3 Å². The zero-order valence-electron chi connectivity index (χ0n) is 8.09. The first-order valence-electron chi connectivity index (χ1n) is 4.57. The second-order valence-electron chi connectivity index (χ2n) is 3.11. The molecule has 0 N–H and O–H groups in total. The van der Waals surface area contributed by atoms with Gasteiger partial charge in [-0.25, -0.2) is 4.39 Å². The molecule has 3 heteroatoms. The smallest absolute Gasteiger partial charge is 0.163 e. The number of unbranched alkanes of at least 4 members (excludes halogenated alkanes) is 1. The molecule has 0 aromatic heterocycles. The van der Waals surface area contributed by atoms with Crippen LogP contribution in [0.2, 0.25) is 5.02 Å². The molecule has 0 spiro atoms. The quantitative estimate of drug-likeness (QED) is 0.435. The Bertz CT molecular complexity index is 407. The van der Waals surface area contributed by atoms with E-state index < -0.39 is 5.82 Å². The third-order valence-corrected chi connectivity index (χ3v) is 2.27. The molecular weight excluding hydrogens is 215 g/mol. The number of carbonyl (C=O) groups excluding carboxylic acids is 1. The monoisotopic (exact) mass is 224 g/mol. The average molecular weight is 225 g/mol. The predicted molar refractivity (Wildman–Crippen MR) is 58.4 cm³/mol. The molecule has 0 saturated carbocycles. The van der Waals surface area contributed by atoms with E-state index in [4.69, 9.17) is 18.0 Å². The molecule has 78 valence electrons. The van der Waals surface area contributed by atoms with Crippen LogP contribution in [0.3, 0.4) is 0 Å². The lowest BCUT2D eigenvalue weighted by atomic mass is 10.1. The summed E-state index contributed by atoms with van der Waals surface area (Å²) in [5, 5.41) is 0.0233. The maximum absolute atomic E-state index is 13.0. The summed E-state index contributed by atoms with van der Waals surface area (Å²) in [6, 6.07) is 4.05. The first-order valence-corrected chi connectivity index (χ1v) is 4.94. The van der Waals surface area contributed by atoms with Crippen molar-refractivity contribution in [3.05, 3.63) is 34.6 Å². The van der Waals surface area contributed by atoms with Gasteiger partial charge in [0, 0.05) is 18.4 Å². The van der Waals surface area contributed by atoms with Crippen molar-refractivity contribution in [2.45, 2.75) is 19.3 Å². The van der Waals surface area contributed by atoms with Gasteiger partial charge in [0.25, 0.3) is 0 Å². The van der Waals surface area contributed by atoms with Gasteiger partial charge < -0.3 is 0 Å². The van der Waals surface area contributed by atoms with Crippen LogP contribution < -0.4 is 0 Å². The Morgan fingerprint density at radius 2 is 2.27 bits per heavy atom. The van der Waals surface area contributed by atoms with E-state index in [1.165, 1.54) is 12.1 Å². The van der Waals surface area contributed by atoms with Gasteiger partial charge in [-0.3, -0.25) is 4.79 Å². The Kier molecular flexibility index (Phi) is 4.33. The van der Waals surface area contributed by atoms with Crippen molar-refractivity contribution in [2.24, 2.45) is 0 Å². The normalized spacial score (nSPS) is 9.67. The topological polar surface area (TPSA) is 17.1 Å². The van der Waals surface area contributed by atoms with Crippen molar-refractivity contribution in [1.82, 2.24) is 0 Å². The summed E-state index contributed by atoms with van der Waals surface area (Å²) >= 11 is 5.50. The van der Waals surface area contributed by atoms with Crippen LogP contribution in [-0.4, -0.2) is 5.78 Å². The predicted octanol–water partition coefficient (Wildman–Crippen LogP) is 3.47. The molecule has 0 bridgehead atoms. The minimum absolute atomic E-state index is 0.0233. The highest BCUT2D eigenvalue weighted by atomic mass is 35.5. The van der Waals surface area contributed by atoms with Gasteiger partial charge in [-0.15, -0.1) is 12.3 Å². The molecule has 0 fully saturated rings.